The number of aromatic nitrogens is 1. The summed E-state index contributed by atoms with van der Waals surface area (Å²) in [5, 5.41) is 0. The summed E-state index contributed by atoms with van der Waals surface area (Å²) in [5.41, 5.74) is 6.43. The molecule has 8 heteroatoms. The Kier molecular flexibility index (Phi) is 6.31. The van der Waals surface area contributed by atoms with Gasteiger partial charge in [0, 0.05) is 45.1 Å². The second kappa shape index (κ2) is 8.70. The van der Waals surface area contributed by atoms with Gasteiger partial charge in [-0.1, -0.05) is 18.2 Å². The van der Waals surface area contributed by atoms with E-state index in [1.807, 2.05) is 12.1 Å². The number of pyridine rings is 1. The van der Waals surface area contributed by atoms with E-state index in [2.05, 4.69) is 9.88 Å². The molecule has 0 spiro atoms. The second-order valence-electron chi connectivity index (χ2n) is 6.92. The van der Waals surface area contributed by atoms with E-state index in [9.17, 15) is 18.0 Å². The molecule has 1 aromatic carbocycles. The summed E-state index contributed by atoms with van der Waals surface area (Å²) in [7, 11) is 0. The lowest BCUT2D eigenvalue weighted by atomic mass is 9.99. The molecule has 150 valence electrons. The van der Waals surface area contributed by atoms with Crippen LogP contribution < -0.4 is 5.73 Å². The number of carbonyl (C=O) groups excluding carboxylic acids is 1. The van der Waals surface area contributed by atoms with Gasteiger partial charge >= 0.3 is 6.18 Å². The molecule has 1 aliphatic heterocycles. The van der Waals surface area contributed by atoms with E-state index < -0.39 is 17.8 Å². The van der Waals surface area contributed by atoms with Crippen LogP contribution in [0.1, 0.15) is 16.7 Å². The molecule has 28 heavy (non-hydrogen) atoms. The molecular weight excluding hydrogens is 369 g/mol. The van der Waals surface area contributed by atoms with E-state index in [0.29, 0.717) is 26.2 Å². The molecule has 0 aliphatic carbocycles. The minimum atomic E-state index is -4.46. The molecule has 0 bridgehead atoms. The predicted octanol–water partition coefficient (Wildman–Crippen LogP) is 2.31. The number of benzene rings is 1. The number of hydrogen-bond donors (Lipinski definition) is 1. The summed E-state index contributed by atoms with van der Waals surface area (Å²) in [5.74, 6) is -0.305. The molecule has 2 heterocycles. The van der Waals surface area contributed by atoms with Crippen LogP contribution in [0.3, 0.4) is 0 Å². The summed E-state index contributed by atoms with van der Waals surface area (Å²) >= 11 is 0. The molecule has 2 N–H and O–H groups in total. The summed E-state index contributed by atoms with van der Waals surface area (Å²) in [6, 6.07) is 8.17. The van der Waals surface area contributed by atoms with Crippen molar-refractivity contribution in [3.05, 3.63) is 65.5 Å². The Balaban J connectivity index is 1.55. The maximum atomic E-state index is 13.1. The highest BCUT2D eigenvalue weighted by molar-refractivity contribution is 5.82. The van der Waals surface area contributed by atoms with Crippen LogP contribution in [0.5, 0.6) is 0 Å². The van der Waals surface area contributed by atoms with Gasteiger partial charge in [0.05, 0.1) is 11.6 Å². The first-order valence-electron chi connectivity index (χ1n) is 9.15. The fraction of sp³-hybridized carbons (Fsp3) is 0.400. The van der Waals surface area contributed by atoms with Crippen molar-refractivity contribution in [2.75, 3.05) is 26.2 Å². The standard InChI is InChI=1S/C20H23F3N4O/c21-20(22,23)17-4-2-1-3-16(17)13-18(24)19(28)27-11-9-26(10-12-27)14-15-5-7-25-8-6-15/h1-8,18H,9-14,24H2. The maximum Gasteiger partial charge on any atom is 0.416 e. The first-order chi connectivity index (χ1) is 13.3. The number of rotatable bonds is 5. The van der Waals surface area contributed by atoms with Gasteiger partial charge in [0.15, 0.2) is 0 Å². The van der Waals surface area contributed by atoms with Crippen molar-refractivity contribution >= 4 is 5.91 Å². The summed E-state index contributed by atoms with van der Waals surface area (Å²) in [6.07, 6.45) is -1.11. The Bertz CT molecular complexity index is 790. The number of halogens is 3. The predicted molar refractivity (Wildman–Crippen MR) is 99.2 cm³/mol. The average Bonchev–Trinajstić information content (AvgIpc) is 2.68. The minimum absolute atomic E-state index is 0.0483. The molecule has 1 aliphatic rings. The molecule has 0 saturated carbocycles. The van der Waals surface area contributed by atoms with Gasteiger partial charge in [0.1, 0.15) is 0 Å². The first-order valence-corrected chi connectivity index (χ1v) is 9.15. The van der Waals surface area contributed by atoms with Crippen molar-refractivity contribution in [1.29, 1.82) is 0 Å². The minimum Gasteiger partial charge on any atom is -0.339 e. The smallest absolute Gasteiger partial charge is 0.339 e. The molecule has 3 rings (SSSR count). The van der Waals surface area contributed by atoms with Gasteiger partial charge in [-0.3, -0.25) is 14.7 Å². The molecular formula is C20H23F3N4O. The van der Waals surface area contributed by atoms with E-state index in [4.69, 9.17) is 5.73 Å². The monoisotopic (exact) mass is 392 g/mol. The average molecular weight is 392 g/mol. The van der Waals surface area contributed by atoms with Crippen molar-refractivity contribution in [3.63, 3.8) is 0 Å². The molecule has 5 nitrogen and oxygen atoms in total. The van der Waals surface area contributed by atoms with E-state index >= 15 is 0 Å². The molecule has 0 radical (unpaired) electrons. The highest BCUT2D eigenvalue weighted by Crippen LogP contribution is 2.32. The fourth-order valence-electron chi connectivity index (χ4n) is 3.41. The highest BCUT2D eigenvalue weighted by atomic mass is 19.4. The van der Waals surface area contributed by atoms with Crippen LogP contribution >= 0.6 is 0 Å². The van der Waals surface area contributed by atoms with Gasteiger partial charge in [-0.15, -0.1) is 0 Å². The molecule has 1 unspecified atom stereocenters. The summed E-state index contributed by atoms with van der Waals surface area (Å²) in [6.45, 7) is 3.19. The summed E-state index contributed by atoms with van der Waals surface area (Å²) in [4.78, 5) is 20.5. The van der Waals surface area contributed by atoms with Gasteiger partial charge in [-0.25, -0.2) is 0 Å². The largest absolute Gasteiger partial charge is 0.416 e. The van der Waals surface area contributed by atoms with Crippen LogP contribution in [0.15, 0.2) is 48.8 Å². The number of nitrogens with two attached hydrogens (primary N) is 1. The van der Waals surface area contributed by atoms with Gasteiger partial charge in [0.25, 0.3) is 0 Å². The van der Waals surface area contributed by atoms with Crippen LogP contribution in [-0.2, 0) is 23.9 Å². The topological polar surface area (TPSA) is 62.5 Å². The molecule has 2 aromatic rings. The third-order valence-electron chi connectivity index (χ3n) is 4.92. The number of carbonyl (C=O) groups is 1. The van der Waals surface area contributed by atoms with E-state index in [0.717, 1.165) is 18.2 Å². The van der Waals surface area contributed by atoms with Crippen molar-refractivity contribution in [1.82, 2.24) is 14.8 Å². The Morgan fingerprint density at radius 1 is 1.07 bits per heavy atom. The van der Waals surface area contributed by atoms with Crippen LogP contribution in [-0.4, -0.2) is 52.9 Å². The van der Waals surface area contributed by atoms with Crippen molar-refractivity contribution in [3.8, 4) is 0 Å². The third kappa shape index (κ3) is 5.08. The molecule has 1 amide bonds. The summed E-state index contributed by atoms with van der Waals surface area (Å²) < 4.78 is 39.4. The van der Waals surface area contributed by atoms with Gasteiger partial charge in [-0.2, -0.15) is 13.2 Å². The maximum absolute atomic E-state index is 13.1. The first kappa shape index (κ1) is 20.3. The lowest BCUT2D eigenvalue weighted by Crippen LogP contribution is -2.53. The third-order valence-corrected chi connectivity index (χ3v) is 4.92. The van der Waals surface area contributed by atoms with Crippen LogP contribution in [0, 0.1) is 0 Å². The Morgan fingerprint density at radius 3 is 2.36 bits per heavy atom. The molecule has 1 aromatic heterocycles. The van der Waals surface area contributed by atoms with Crippen molar-refractivity contribution in [2.45, 2.75) is 25.2 Å². The number of piperazine rings is 1. The van der Waals surface area contributed by atoms with E-state index in [-0.39, 0.29) is 17.9 Å². The van der Waals surface area contributed by atoms with E-state index in [1.165, 1.54) is 18.2 Å². The number of amides is 1. The number of nitrogens with zero attached hydrogens (tertiary/aromatic N) is 3. The van der Waals surface area contributed by atoms with Crippen molar-refractivity contribution in [2.24, 2.45) is 5.73 Å². The zero-order valence-corrected chi connectivity index (χ0v) is 15.4. The number of alkyl halides is 3. The quantitative estimate of drug-likeness (QED) is 0.848. The van der Waals surface area contributed by atoms with Gasteiger partial charge in [0.2, 0.25) is 5.91 Å². The normalized spacial score (nSPS) is 16.8. The Hall–Kier alpha value is -2.45. The Labute approximate surface area is 162 Å². The van der Waals surface area contributed by atoms with Crippen molar-refractivity contribution < 1.29 is 18.0 Å². The SMILES string of the molecule is NC(Cc1ccccc1C(F)(F)F)C(=O)N1CCN(Cc2ccncc2)CC1. The van der Waals surface area contributed by atoms with Gasteiger partial charge < -0.3 is 10.6 Å². The van der Waals surface area contributed by atoms with E-state index in [1.54, 1.807) is 17.3 Å². The van der Waals surface area contributed by atoms with Gasteiger partial charge in [-0.05, 0) is 35.7 Å². The zero-order valence-electron chi connectivity index (χ0n) is 15.4. The second-order valence-corrected chi connectivity index (χ2v) is 6.92. The lowest BCUT2D eigenvalue weighted by molar-refractivity contribution is -0.139. The molecule has 1 fully saturated rings. The highest BCUT2D eigenvalue weighted by Gasteiger charge is 2.34. The van der Waals surface area contributed by atoms with Crippen LogP contribution in [0.2, 0.25) is 0 Å². The lowest BCUT2D eigenvalue weighted by Gasteiger charge is -2.36. The van der Waals surface area contributed by atoms with Crippen LogP contribution in [0.4, 0.5) is 13.2 Å². The number of hydrogen-bond acceptors (Lipinski definition) is 4. The molecule has 1 saturated heterocycles. The zero-order chi connectivity index (χ0) is 20.1. The fourth-order valence-corrected chi connectivity index (χ4v) is 3.41. The Morgan fingerprint density at radius 2 is 1.71 bits per heavy atom. The molecule has 1 atom stereocenters. The van der Waals surface area contributed by atoms with Crippen LogP contribution in [0.25, 0.3) is 0 Å².